The molecule has 1 saturated heterocycles. The second kappa shape index (κ2) is 6.11. The Balaban J connectivity index is 1.34. The number of amides is 2. The molecular formula is C20H25N5O. The lowest BCUT2D eigenvalue weighted by atomic mass is 9.62. The SMILES string of the molecule is O=C(NCc1nnc2n1CCC2)N1CC2CCCCC21c1ccccc1. The molecule has 1 saturated carbocycles. The highest BCUT2D eigenvalue weighted by Gasteiger charge is 2.57. The van der Waals surface area contributed by atoms with Crippen molar-refractivity contribution in [1.82, 2.24) is 25.0 Å². The summed E-state index contributed by atoms with van der Waals surface area (Å²) in [4.78, 5) is 15.1. The van der Waals surface area contributed by atoms with Crippen molar-refractivity contribution in [3.8, 4) is 0 Å². The van der Waals surface area contributed by atoms with Crippen molar-refractivity contribution < 1.29 is 4.79 Å². The molecule has 6 nitrogen and oxygen atoms in total. The van der Waals surface area contributed by atoms with E-state index in [-0.39, 0.29) is 11.6 Å². The van der Waals surface area contributed by atoms with E-state index in [9.17, 15) is 4.79 Å². The zero-order chi connectivity index (χ0) is 17.6. The molecule has 0 bridgehead atoms. The minimum atomic E-state index is -0.115. The Labute approximate surface area is 153 Å². The van der Waals surface area contributed by atoms with Gasteiger partial charge in [0.1, 0.15) is 5.82 Å². The zero-order valence-corrected chi connectivity index (χ0v) is 15.0. The van der Waals surface area contributed by atoms with E-state index in [1.54, 1.807) is 0 Å². The van der Waals surface area contributed by atoms with Gasteiger partial charge in [0.05, 0.1) is 12.1 Å². The summed E-state index contributed by atoms with van der Waals surface area (Å²) in [6.07, 6.45) is 6.86. The number of carbonyl (C=O) groups excluding carboxylic acids is 1. The van der Waals surface area contributed by atoms with Crippen LogP contribution >= 0.6 is 0 Å². The van der Waals surface area contributed by atoms with E-state index in [1.165, 1.54) is 24.8 Å². The Morgan fingerprint density at radius 2 is 2.08 bits per heavy atom. The Hall–Kier alpha value is -2.37. The van der Waals surface area contributed by atoms with Crippen molar-refractivity contribution in [2.45, 2.75) is 57.2 Å². The molecular weight excluding hydrogens is 326 g/mol. The molecule has 1 aromatic carbocycles. The Morgan fingerprint density at radius 1 is 1.19 bits per heavy atom. The van der Waals surface area contributed by atoms with Gasteiger partial charge in [0.2, 0.25) is 0 Å². The summed E-state index contributed by atoms with van der Waals surface area (Å²) in [6, 6.07) is 10.6. The summed E-state index contributed by atoms with van der Waals surface area (Å²) in [5.41, 5.74) is 1.17. The van der Waals surface area contributed by atoms with Crippen LogP contribution in [0.2, 0.25) is 0 Å². The Kier molecular flexibility index (Phi) is 3.72. The number of aromatic nitrogens is 3. The highest BCUT2D eigenvalue weighted by atomic mass is 16.2. The van der Waals surface area contributed by atoms with Crippen LogP contribution in [0.1, 0.15) is 49.3 Å². The largest absolute Gasteiger partial charge is 0.331 e. The van der Waals surface area contributed by atoms with E-state index in [0.29, 0.717) is 12.5 Å². The fourth-order valence-corrected chi connectivity index (χ4v) is 5.22. The highest BCUT2D eigenvalue weighted by molar-refractivity contribution is 5.77. The van der Waals surface area contributed by atoms with Crippen molar-refractivity contribution in [3.05, 3.63) is 47.5 Å². The number of carbonyl (C=O) groups is 1. The lowest BCUT2D eigenvalue weighted by Gasteiger charge is -2.61. The molecule has 2 aliphatic heterocycles. The number of nitrogens with zero attached hydrogens (tertiary/aromatic N) is 4. The number of nitrogens with one attached hydrogen (secondary N) is 1. The third-order valence-corrected chi connectivity index (χ3v) is 6.52. The predicted molar refractivity (Wildman–Crippen MR) is 97.4 cm³/mol. The van der Waals surface area contributed by atoms with Gasteiger partial charge in [-0.1, -0.05) is 43.2 Å². The number of urea groups is 1. The van der Waals surface area contributed by atoms with Gasteiger partial charge in [0.25, 0.3) is 0 Å². The van der Waals surface area contributed by atoms with Crippen LogP contribution in [0.25, 0.3) is 0 Å². The first-order valence-electron chi connectivity index (χ1n) is 9.81. The van der Waals surface area contributed by atoms with Gasteiger partial charge < -0.3 is 14.8 Å². The molecule has 2 amide bonds. The lowest BCUT2D eigenvalue weighted by Crippen LogP contribution is -2.69. The van der Waals surface area contributed by atoms with Crippen molar-refractivity contribution >= 4 is 6.03 Å². The fourth-order valence-electron chi connectivity index (χ4n) is 5.22. The van der Waals surface area contributed by atoms with Gasteiger partial charge in [-0.25, -0.2) is 4.79 Å². The third kappa shape index (κ3) is 2.27. The van der Waals surface area contributed by atoms with E-state index in [0.717, 1.165) is 44.0 Å². The maximum absolute atomic E-state index is 13.0. The van der Waals surface area contributed by atoms with Crippen LogP contribution < -0.4 is 5.32 Å². The van der Waals surface area contributed by atoms with Crippen molar-refractivity contribution in [2.75, 3.05) is 6.54 Å². The van der Waals surface area contributed by atoms with Crippen LogP contribution in [0.5, 0.6) is 0 Å². The number of fused-ring (bicyclic) bond motifs is 2. The molecule has 5 rings (SSSR count). The number of aryl methyl sites for hydroxylation is 1. The molecule has 3 aliphatic rings. The molecule has 26 heavy (non-hydrogen) atoms. The molecule has 2 fully saturated rings. The van der Waals surface area contributed by atoms with Gasteiger partial charge in [0.15, 0.2) is 5.82 Å². The van der Waals surface area contributed by atoms with Crippen molar-refractivity contribution in [1.29, 1.82) is 0 Å². The standard InChI is InChI=1S/C20H25N5O/c26-19(21-13-18-23-22-17-10-6-12-24(17)18)25-14-16-9-4-5-11-20(16,25)15-7-2-1-3-8-15/h1-3,7-8,16H,4-6,9-14H2,(H,21,26). The highest BCUT2D eigenvalue weighted by Crippen LogP contribution is 2.53. The van der Waals surface area contributed by atoms with Gasteiger partial charge in [0, 0.05) is 25.4 Å². The average Bonchev–Trinajstić information content (AvgIpc) is 3.26. The summed E-state index contributed by atoms with van der Waals surface area (Å²) >= 11 is 0. The van der Waals surface area contributed by atoms with Crippen LogP contribution in [0.3, 0.4) is 0 Å². The smallest absolute Gasteiger partial charge is 0.318 e. The molecule has 1 aliphatic carbocycles. The summed E-state index contributed by atoms with van der Waals surface area (Å²) in [7, 11) is 0. The maximum atomic E-state index is 13.0. The molecule has 6 heteroatoms. The number of hydrogen-bond acceptors (Lipinski definition) is 3. The van der Waals surface area contributed by atoms with E-state index in [2.05, 4.69) is 49.2 Å². The molecule has 2 atom stereocenters. The Morgan fingerprint density at radius 3 is 2.92 bits per heavy atom. The lowest BCUT2D eigenvalue weighted by molar-refractivity contribution is -0.0794. The van der Waals surface area contributed by atoms with Gasteiger partial charge in [-0.2, -0.15) is 0 Å². The summed E-state index contributed by atoms with van der Waals surface area (Å²) in [5.74, 6) is 2.51. The normalized spacial score (nSPS) is 26.8. The molecule has 0 radical (unpaired) electrons. The molecule has 1 N–H and O–H groups in total. The quantitative estimate of drug-likeness (QED) is 0.925. The van der Waals surface area contributed by atoms with E-state index >= 15 is 0 Å². The second-order valence-electron chi connectivity index (χ2n) is 7.79. The fraction of sp³-hybridized carbons (Fsp3) is 0.550. The van der Waals surface area contributed by atoms with Gasteiger partial charge in [-0.3, -0.25) is 0 Å². The maximum Gasteiger partial charge on any atom is 0.318 e. The first-order valence-corrected chi connectivity index (χ1v) is 9.81. The summed E-state index contributed by atoms with van der Waals surface area (Å²) in [6.45, 7) is 2.28. The minimum absolute atomic E-state index is 0.0300. The number of benzene rings is 1. The first-order chi connectivity index (χ1) is 12.8. The van der Waals surface area contributed by atoms with Gasteiger partial charge in [-0.05, 0) is 24.8 Å². The summed E-state index contributed by atoms with van der Waals surface area (Å²) < 4.78 is 2.15. The van der Waals surface area contributed by atoms with Crippen LogP contribution in [0.4, 0.5) is 4.79 Å². The molecule has 2 aromatic rings. The van der Waals surface area contributed by atoms with Gasteiger partial charge in [-0.15, -0.1) is 10.2 Å². The number of likely N-dealkylation sites (tertiary alicyclic amines) is 1. The summed E-state index contributed by atoms with van der Waals surface area (Å²) in [5, 5.41) is 11.6. The van der Waals surface area contributed by atoms with E-state index < -0.39 is 0 Å². The van der Waals surface area contributed by atoms with Crippen LogP contribution in [0.15, 0.2) is 30.3 Å². The molecule has 1 aromatic heterocycles. The topological polar surface area (TPSA) is 63.1 Å². The number of hydrogen-bond donors (Lipinski definition) is 1. The molecule has 2 unspecified atom stereocenters. The first kappa shape index (κ1) is 15.9. The zero-order valence-electron chi connectivity index (χ0n) is 15.0. The average molecular weight is 351 g/mol. The van der Waals surface area contributed by atoms with E-state index in [4.69, 9.17) is 0 Å². The second-order valence-corrected chi connectivity index (χ2v) is 7.79. The van der Waals surface area contributed by atoms with Crippen molar-refractivity contribution in [3.63, 3.8) is 0 Å². The molecule has 136 valence electrons. The van der Waals surface area contributed by atoms with Crippen LogP contribution in [0, 0.1) is 5.92 Å². The van der Waals surface area contributed by atoms with Gasteiger partial charge >= 0.3 is 6.03 Å². The van der Waals surface area contributed by atoms with E-state index in [1.807, 2.05) is 6.07 Å². The molecule has 3 heterocycles. The Bertz CT molecular complexity index is 817. The van der Waals surface area contributed by atoms with Crippen LogP contribution in [-0.4, -0.2) is 32.2 Å². The van der Waals surface area contributed by atoms with Crippen LogP contribution in [-0.2, 0) is 25.0 Å². The van der Waals surface area contributed by atoms with Crippen molar-refractivity contribution in [2.24, 2.45) is 5.92 Å². The minimum Gasteiger partial charge on any atom is -0.331 e. The third-order valence-electron chi connectivity index (χ3n) is 6.52. The molecule has 0 spiro atoms. The predicted octanol–water partition coefficient (Wildman–Crippen LogP) is 2.84. The monoisotopic (exact) mass is 351 g/mol. The number of rotatable bonds is 3.